The molecular formula is C13H26ClNO. The molecule has 3 heteroatoms. The molecule has 0 atom stereocenters. The van der Waals surface area contributed by atoms with Crippen molar-refractivity contribution in [2.24, 2.45) is 5.73 Å². The summed E-state index contributed by atoms with van der Waals surface area (Å²) in [6, 6.07) is 0. The third-order valence-electron chi connectivity index (χ3n) is 2.81. The molecule has 0 aromatic rings. The van der Waals surface area contributed by atoms with Crippen molar-refractivity contribution in [1.29, 1.82) is 0 Å². The van der Waals surface area contributed by atoms with Crippen molar-refractivity contribution in [2.75, 3.05) is 5.88 Å². The molecular weight excluding hydrogens is 222 g/mol. The SMILES string of the molecule is NC(=O)CCCCCCCCCCCCCl. The number of carbonyl (C=O) groups excluding carboxylic acids is 1. The predicted octanol–water partition coefficient (Wildman–Crippen LogP) is 4.00. The first kappa shape index (κ1) is 15.8. The third-order valence-corrected chi connectivity index (χ3v) is 3.07. The van der Waals surface area contributed by atoms with E-state index in [1.807, 2.05) is 0 Å². The van der Waals surface area contributed by atoms with Crippen molar-refractivity contribution in [3.63, 3.8) is 0 Å². The van der Waals surface area contributed by atoms with Crippen LogP contribution in [0.4, 0.5) is 0 Å². The molecule has 0 aliphatic heterocycles. The summed E-state index contributed by atoms with van der Waals surface area (Å²) in [7, 11) is 0. The highest BCUT2D eigenvalue weighted by molar-refractivity contribution is 6.17. The van der Waals surface area contributed by atoms with Crippen LogP contribution >= 0.6 is 11.6 Å². The van der Waals surface area contributed by atoms with Gasteiger partial charge in [-0.3, -0.25) is 4.79 Å². The molecule has 0 spiro atoms. The van der Waals surface area contributed by atoms with Gasteiger partial charge >= 0.3 is 0 Å². The molecule has 0 heterocycles. The minimum Gasteiger partial charge on any atom is -0.370 e. The van der Waals surface area contributed by atoms with Crippen LogP contribution in [0.1, 0.15) is 70.6 Å². The molecule has 0 fully saturated rings. The van der Waals surface area contributed by atoms with Crippen LogP contribution in [0.25, 0.3) is 0 Å². The van der Waals surface area contributed by atoms with E-state index in [-0.39, 0.29) is 5.91 Å². The lowest BCUT2D eigenvalue weighted by atomic mass is 10.1. The Balaban J connectivity index is 2.90. The highest BCUT2D eigenvalue weighted by Crippen LogP contribution is 2.11. The van der Waals surface area contributed by atoms with Crippen LogP contribution in [-0.2, 0) is 4.79 Å². The maximum Gasteiger partial charge on any atom is 0.217 e. The zero-order valence-electron chi connectivity index (χ0n) is 10.3. The lowest BCUT2D eigenvalue weighted by Gasteiger charge is -2.01. The van der Waals surface area contributed by atoms with E-state index in [0.717, 1.165) is 25.1 Å². The van der Waals surface area contributed by atoms with Gasteiger partial charge in [-0.25, -0.2) is 0 Å². The average molecular weight is 248 g/mol. The molecule has 2 N–H and O–H groups in total. The molecule has 96 valence electrons. The quantitative estimate of drug-likeness (QED) is 0.411. The van der Waals surface area contributed by atoms with E-state index in [1.54, 1.807) is 0 Å². The van der Waals surface area contributed by atoms with Gasteiger partial charge in [-0.2, -0.15) is 0 Å². The first-order valence-corrected chi connectivity index (χ1v) is 7.15. The predicted molar refractivity (Wildman–Crippen MR) is 70.7 cm³/mol. The Morgan fingerprint density at radius 1 is 0.750 bits per heavy atom. The number of unbranched alkanes of at least 4 members (excludes halogenated alkanes) is 9. The van der Waals surface area contributed by atoms with Gasteiger partial charge in [0.2, 0.25) is 5.91 Å². The van der Waals surface area contributed by atoms with Crippen molar-refractivity contribution < 1.29 is 4.79 Å². The average Bonchev–Trinajstić information content (AvgIpc) is 2.25. The number of hydrogen-bond donors (Lipinski definition) is 1. The molecule has 0 saturated carbocycles. The summed E-state index contributed by atoms with van der Waals surface area (Å²) < 4.78 is 0. The normalized spacial score (nSPS) is 10.6. The summed E-state index contributed by atoms with van der Waals surface area (Å²) in [5, 5.41) is 0. The minimum absolute atomic E-state index is 0.167. The molecule has 0 aliphatic carbocycles. The molecule has 0 radical (unpaired) electrons. The minimum atomic E-state index is -0.167. The maximum absolute atomic E-state index is 10.5. The fourth-order valence-electron chi connectivity index (χ4n) is 1.81. The van der Waals surface area contributed by atoms with Crippen LogP contribution in [0.15, 0.2) is 0 Å². The van der Waals surface area contributed by atoms with E-state index in [9.17, 15) is 4.79 Å². The largest absolute Gasteiger partial charge is 0.370 e. The van der Waals surface area contributed by atoms with Gasteiger partial charge in [0.25, 0.3) is 0 Å². The topological polar surface area (TPSA) is 43.1 Å². The second-order valence-electron chi connectivity index (χ2n) is 4.44. The Labute approximate surface area is 105 Å². The smallest absolute Gasteiger partial charge is 0.217 e. The summed E-state index contributed by atoms with van der Waals surface area (Å²) >= 11 is 5.60. The number of rotatable bonds is 12. The molecule has 0 saturated heterocycles. The van der Waals surface area contributed by atoms with Crippen molar-refractivity contribution in [2.45, 2.75) is 70.6 Å². The number of nitrogens with two attached hydrogens (primary N) is 1. The van der Waals surface area contributed by atoms with Gasteiger partial charge in [0, 0.05) is 12.3 Å². The van der Waals surface area contributed by atoms with Gasteiger partial charge in [0.15, 0.2) is 0 Å². The van der Waals surface area contributed by atoms with Crippen LogP contribution in [0.3, 0.4) is 0 Å². The van der Waals surface area contributed by atoms with Gasteiger partial charge in [-0.1, -0.05) is 51.4 Å². The molecule has 0 unspecified atom stereocenters. The van der Waals surface area contributed by atoms with Crippen molar-refractivity contribution in [3.8, 4) is 0 Å². The van der Waals surface area contributed by atoms with Gasteiger partial charge in [0.1, 0.15) is 0 Å². The van der Waals surface area contributed by atoms with Crippen LogP contribution in [-0.4, -0.2) is 11.8 Å². The zero-order valence-corrected chi connectivity index (χ0v) is 11.1. The maximum atomic E-state index is 10.5. The van der Waals surface area contributed by atoms with Gasteiger partial charge in [-0.15, -0.1) is 11.6 Å². The van der Waals surface area contributed by atoms with E-state index in [2.05, 4.69) is 0 Å². The second kappa shape index (κ2) is 12.8. The first-order valence-electron chi connectivity index (χ1n) is 6.61. The number of amides is 1. The number of alkyl halides is 1. The van der Waals surface area contributed by atoms with Gasteiger partial charge < -0.3 is 5.73 Å². The van der Waals surface area contributed by atoms with Crippen molar-refractivity contribution in [3.05, 3.63) is 0 Å². The van der Waals surface area contributed by atoms with Crippen LogP contribution in [0.5, 0.6) is 0 Å². The Morgan fingerprint density at radius 2 is 1.12 bits per heavy atom. The Morgan fingerprint density at radius 3 is 1.50 bits per heavy atom. The Kier molecular flexibility index (Phi) is 12.6. The molecule has 0 bridgehead atoms. The molecule has 16 heavy (non-hydrogen) atoms. The van der Waals surface area contributed by atoms with E-state index in [0.29, 0.717) is 6.42 Å². The summed E-state index contributed by atoms with van der Waals surface area (Å²) in [4.78, 5) is 10.5. The summed E-state index contributed by atoms with van der Waals surface area (Å²) in [5.41, 5.74) is 5.06. The summed E-state index contributed by atoms with van der Waals surface area (Å²) in [6.07, 6.45) is 13.0. The Bertz CT molecular complexity index is 162. The zero-order chi connectivity index (χ0) is 12.1. The standard InChI is InChI=1S/C13H26ClNO/c14-12-10-8-6-4-2-1-3-5-7-9-11-13(15)16/h1-12H2,(H2,15,16). The van der Waals surface area contributed by atoms with Crippen LogP contribution < -0.4 is 5.73 Å². The molecule has 0 aliphatic rings. The summed E-state index contributed by atoms with van der Waals surface area (Å²) in [6.45, 7) is 0. The second-order valence-corrected chi connectivity index (χ2v) is 4.82. The number of primary amides is 1. The van der Waals surface area contributed by atoms with Crippen molar-refractivity contribution in [1.82, 2.24) is 0 Å². The van der Waals surface area contributed by atoms with E-state index < -0.39 is 0 Å². The molecule has 0 aromatic carbocycles. The lowest BCUT2D eigenvalue weighted by molar-refractivity contribution is -0.118. The van der Waals surface area contributed by atoms with Gasteiger partial charge in [-0.05, 0) is 12.8 Å². The molecule has 0 aromatic heterocycles. The number of carbonyl (C=O) groups is 1. The van der Waals surface area contributed by atoms with E-state index in [1.165, 1.54) is 44.9 Å². The van der Waals surface area contributed by atoms with Crippen LogP contribution in [0, 0.1) is 0 Å². The number of hydrogen-bond acceptors (Lipinski definition) is 1. The monoisotopic (exact) mass is 247 g/mol. The molecule has 2 nitrogen and oxygen atoms in total. The van der Waals surface area contributed by atoms with Gasteiger partial charge in [0.05, 0.1) is 0 Å². The molecule has 0 rings (SSSR count). The highest BCUT2D eigenvalue weighted by atomic mass is 35.5. The highest BCUT2D eigenvalue weighted by Gasteiger charge is 1.95. The fourth-order valence-corrected chi connectivity index (χ4v) is 2.00. The van der Waals surface area contributed by atoms with Crippen LogP contribution in [0.2, 0.25) is 0 Å². The number of halogens is 1. The Hall–Kier alpha value is -0.240. The fraction of sp³-hybridized carbons (Fsp3) is 0.923. The first-order chi connectivity index (χ1) is 7.77. The lowest BCUT2D eigenvalue weighted by Crippen LogP contribution is -2.09. The molecule has 1 amide bonds. The summed E-state index contributed by atoms with van der Waals surface area (Å²) in [5.74, 6) is 0.638. The van der Waals surface area contributed by atoms with E-state index >= 15 is 0 Å². The van der Waals surface area contributed by atoms with Crippen molar-refractivity contribution >= 4 is 17.5 Å². The third kappa shape index (κ3) is 13.8. The van der Waals surface area contributed by atoms with E-state index in [4.69, 9.17) is 17.3 Å².